The van der Waals surface area contributed by atoms with Crippen molar-refractivity contribution in [3.8, 4) is 5.75 Å². The van der Waals surface area contributed by atoms with Crippen LogP contribution in [0, 0.1) is 0 Å². The second-order valence-electron chi connectivity index (χ2n) is 7.76. The number of aromatic hydroxyl groups is 1. The van der Waals surface area contributed by atoms with Crippen molar-refractivity contribution < 1.29 is 19.4 Å². The molecule has 0 unspecified atom stereocenters. The van der Waals surface area contributed by atoms with Crippen LogP contribution in [0.3, 0.4) is 0 Å². The van der Waals surface area contributed by atoms with E-state index in [4.69, 9.17) is 4.42 Å². The van der Waals surface area contributed by atoms with Crippen LogP contribution in [-0.4, -0.2) is 47.3 Å². The van der Waals surface area contributed by atoms with Gasteiger partial charge >= 0.3 is 5.97 Å². The van der Waals surface area contributed by atoms with Gasteiger partial charge in [0, 0.05) is 49.7 Å². The number of phenolic OH excluding ortho intramolecular Hbond substituents is 1. The molecule has 162 valence electrons. The molecule has 0 aliphatic carbocycles. The molecule has 4 rings (SSSR count). The van der Waals surface area contributed by atoms with Gasteiger partial charge in [-0.3, -0.25) is 4.90 Å². The van der Waals surface area contributed by atoms with Crippen LogP contribution in [0.5, 0.6) is 5.75 Å². The third-order valence-electron chi connectivity index (χ3n) is 5.72. The van der Waals surface area contributed by atoms with E-state index < -0.39 is 5.97 Å². The molecule has 0 amide bonds. The van der Waals surface area contributed by atoms with E-state index in [1.807, 2.05) is 30.3 Å². The second-order valence-corrected chi connectivity index (χ2v) is 8.55. The standard InChI is InChI=1S/C24H25BrN2O4/c1-2-5-16-6-3-7-17(23(16)28)15-26-10-4-11-27(13-12-26)19-8-9-20-18(22(19)25)14-21(31-20)24(29)30/h2-3,6-9,14,28H,1,4-5,10-13,15H2,(H,29,30). The van der Waals surface area contributed by atoms with Crippen molar-refractivity contribution in [2.24, 2.45) is 0 Å². The molecular formula is C24H25BrN2O4. The van der Waals surface area contributed by atoms with E-state index >= 15 is 0 Å². The van der Waals surface area contributed by atoms with Gasteiger partial charge in [0.1, 0.15) is 11.3 Å². The number of halogens is 1. The van der Waals surface area contributed by atoms with E-state index in [-0.39, 0.29) is 5.76 Å². The summed E-state index contributed by atoms with van der Waals surface area (Å²) in [5.41, 5.74) is 3.43. The van der Waals surface area contributed by atoms with Gasteiger partial charge in [-0.1, -0.05) is 24.3 Å². The summed E-state index contributed by atoms with van der Waals surface area (Å²) in [6.45, 7) is 8.00. The number of para-hydroxylation sites is 1. The van der Waals surface area contributed by atoms with Gasteiger partial charge in [-0.2, -0.15) is 0 Å². The first-order chi connectivity index (χ1) is 15.0. The molecule has 1 aliphatic rings. The number of aromatic carboxylic acids is 1. The Kier molecular flexibility index (Phi) is 6.34. The zero-order valence-electron chi connectivity index (χ0n) is 17.2. The summed E-state index contributed by atoms with van der Waals surface area (Å²) < 4.78 is 6.26. The summed E-state index contributed by atoms with van der Waals surface area (Å²) in [5.74, 6) is -0.769. The highest BCUT2D eigenvalue weighted by atomic mass is 79.9. The van der Waals surface area contributed by atoms with Crippen LogP contribution in [0.2, 0.25) is 0 Å². The number of carboxylic acid groups (broad SMARTS) is 1. The number of fused-ring (bicyclic) bond motifs is 1. The minimum absolute atomic E-state index is 0.0617. The van der Waals surface area contributed by atoms with Crippen molar-refractivity contribution in [2.75, 3.05) is 31.1 Å². The third-order valence-corrected chi connectivity index (χ3v) is 6.55. The van der Waals surface area contributed by atoms with Crippen molar-refractivity contribution in [2.45, 2.75) is 19.4 Å². The largest absolute Gasteiger partial charge is 0.507 e. The fourth-order valence-corrected chi connectivity index (χ4v) is 4.81. The maximum absolute atomic E-state index is 11.2. The van der Waals surface area contributed by atoms with Gasteiger partial charge in [-0.25, -0.2) is 4.79 Å². The monoisotopic (exact) mass is 484 g/mol. The number of benzene rings is 2. The number of nitrogens with zero attached hydrogens (tertiary/aromatic N) is 2. The molecule has 1 aromatic heterocycles. The van der Waals surface area contributed by atoms with Crippen LogP contribution in [0.25, 0.3) is 11.0 Å². The van der Waals surface area contributed by atoms with Crippen molar-refractivity contribution in [3.63, 3.8) is 0 Å². The molecule has 0 saturated carbocycles. The molecule has 7 heteroatoms. The summed E-state index contributed by atoms with van der Waals surface area (Å²) in [5, 5.41) is 20.6. The Morgan fingerprint density at radius 2 is 1.97 bits per heavy atom. The molecule has 0 bridgehead atoms. The quantitative estimate of drug-likeness (QED) is 0.477. The molecule has 1 fully saturated rings. The van der Waals surface area contributed by atoms with Gasteiger partial charge in [0.2, 0.25) is 5.76 Å². The molecular weight excluding hydrogens is 460 g/mol. The Morgan fingerprint density at radius 1 is 1.16 bits per heavy atom. The molecule has 31 heavy (non-hydrogen) atoms. The molecule has 2 aromatic carbocycles. The second kappa shape index (κ2) is 9.16. The average molecular weight is 485 g/mol. The van der Waals surface area contributed by atoms with Crippen LogP contribution in [-0.2, 0) is 13.0 Å². The topological polar surface area (TPSA) is 77.2 Å². The zero-order chi connectivity index (χ0) is 22.0. The van der Waals surface area contributed by atoms with Crippen LogP contribution in [0.15, 0.2) is 57.9 Å². The highest BCUT2D eigenvalue weighted by molar-refractivity contribution is 9.10. The van der Waals surface area contributed by atoms with Gasteiger partial charge < -0.3 is 19.5 Å². The van der Waals surface area contributed by atoms with Crippen molar-refractivity contribution >= 4 is 38.6 Å². The molecule has 0 spiro atoms. The molecule has 0 atom stereocenters. The van der Waals surface area contributed by atoms with E-state index in [0.29, 0.717) is 24.3 Å². The van der Waals surface area contributed by atoms with Gasteiger partial charge in [0.25, 0.3) is 0 Å². The number of carbonyl (C=O) groups is 1. The third kappa shape index (κ3) is 4.48. The highest BCUT2D eigenvalue weighted by Crippen LogP contribution is 2.36. The maximum atomic E-state index is 11.2. The summed E-state index contributed by atoms with van der Waals surface area (Å²) in [7, 11) is 0. The first-order valence-electron chi connectivity index (χ1n) is 10.3. The Hall–Kier alpha value is -2.77. The zero-order valence-corrected chi connectivity index (χ0v) is 18.8. The van der Waals surface area contributed by atoms with E-state index in [9.17, 15) is 15.0 Å². The normalized spacial score (nSPS) is 15.2. The number of anilines is 1. The van der Waals surface area contributed by atoms with Crippen molar-refractivity contribution in [1.82, 2.24) is 4.90 Å². The fourth-order valence-electron chi connectivity index (χ4n) is 4.12. The van der Waals surface area contributed by atoms with E-state index in [1.165, 1.54) is 0 Å². The van der Waals surface area contributed by atoms with E-state index in [1.54, 1.807) is 12.1 Å². The van der Waals surface area contributed by atoms with Gasteiger partial charge in [-0.05, 0) is 46.5 Å². The van der Waals surface area contributed by atoms with Crippen LogP contribution < -0.4 is 4.90 Å². The average Bonchev–Trinajstić information content (AvgIpc) is 3.07. The van der Waals surface area contributed by atoms with Gasteiger partial charge in [0.05, 0.1) is 10.2 Å². The van der Waals surface area contributed by atoms with E-state index in [2.05, 4.69) is 32.3 Å². The number of furan rings is 1. The number of rotatable bonds is 6. The van der Waals surface area contributed by atoms with Crippen LogP contribution in [0.4, 0.5) is 5.69 Å². The van der Waals surface area contributed by atoms with Crippen molar-refractivity contribution in [3.05, 3.63) is 70.4 Å². The Labute approximate surface area is 189 Å². The number of carboxylic acids is 1. The smallest absolute Gasteiger partial charge is 0.371 e. The van der Waals surface area contributed by atoms with Crippen molar-refractivity contribution in [1.29, 1.82) is 0 Å². The molecule has 1 aliphatic heterocycles. The van der Waals surface area contributed by atoms with Gasteiger partial charge in [-0.15, -0.1) is 6.58 Å². The lowest BCUT2D eigenvalue weighted by Gasteiger charge is -2.25. The molecule has 1 saturated heterocycles. The minimum Gasteiger partial charge on any atom is -0.507 e. The first-order valence-corrected chi connectivity index (χ1v) is 11.1. The van der Waals surface area contributed by atoms with Crippen LogP contribution in [0.1, 0.15) is 28.1 Å². The minimum atomic E-state index is -1.07. The Bertz CT molecular complexity index is 1120. The molecule has 2 N–H and O–H groups in total. The lowest BCUT2D eigenvalue weighted by atomic mass is 10.1. The molecule has 3 aromatic rings. The number of phenols is 1. The number of allylic oxidation sites excluding steroid dienone is 1. The lowest BCUT2D eigenvalue weighted by Crippen LogP contribution is -2.30. The summed E-state index contributed by atoms with van der Waals surface area (Å²) >= 11 is 3.66. The van der Waals surface area contributed by atoms with Crippen LogP contribution >= 0.6 is 15.9 Å². The predicted octanol–water partition coefficient (Wildman–Crippen LogP) is 5.04. The fraction of sp³-hybridized carbons (Fsp3) is 0.292. The van der Waals surface area contributed by atoms with E-state index in [0.717, 1.165) is 59.3 Å². The molecule has 0 radical (unpaired) electrons. The summed E-state index contributed by atoms with van der Waals surface area (Å²) in [6.07, 6.45) is 3.45. The lowest BCUT2D eigenvalue weighted by molar-refractivity contribution is 0.0665. The Balaban J connectivity index is 1.49. The Morgan fingerprint density at radius 3 is 2.74 bits per heavy atom. The maximum Gasteiger partial charge on any atom is 0.371 e. The number of hydrogen-bond acceptors (Lipinski definition) is 5. The molecule has 6 nitrogen and oxygen atoms in total. The predicted molar refractivity (Wildman–Crippen MR) is 125 cm³/mol. The SMILES string of the molecule is C=CCc1cccc(CN2CCCN(c3ccc4oc(C(=O)O)cc4c3Br)CC2)c1O. The number of hydrogen-bond donors (Lipinski definition) is 2. The molecule has 2 heterocycles. The highest BCUT2D eigenvalue weighted by Gasteiger charge is 2.21. The summed E-state index contributed by atoms with van der Waals surface area (Å²) in [4.78, 5) is 15.9. The first kappa shape index (κ1) is 21.5. The summed E-state index contributed by atoms with van der Waals surface area (Å²) in [6, 6.07) is 11.3. The van der Waals surface area contributed by atoms with Gasteiger partial charge in [0.15, 0.2) is 0 Å².